The van der Waals surface area contributed by atoms with Gasteiger partial charge in [-0.05, 0) is 10.8 Å². The van der Waals surface area contributed by atoms with Crippen LogP contribution in [-0.2, 0) is 4.79 Å². The highest BCUT2D eigenvalue weighted by molar-refractivity contribution is 5.81. The summed E-state index contributed by atoms with van der Waals surface area (Å²) in [4.78, 5) is 8.00. The van der Waals surface area contributed by atoms with Gasteiger partial charge in [0.15, 0.2) is 0 Å². The monoisotopic (exact) mass is 158 g/mol. The minimum Gasteiger partial charge on any atom is -0.307 e. The fourth-order valence-electron chi connectivity index (χ4n) is 1.13. The van der Waals surface area contributed by atoms with Gasteiger partial charge in [-0.25, -0.2) is 0 Å². The van der Waals surface area contributed by atoms with E-state index in [-0.39, 0.29) is 0 Å². The lowest BCUT2D eigenvalue weighted by Crippen LogP contribution is -1.67. The molecule has 0 unspecified atom stereocenters. The number of carbonyl (C=O) groups excluding carboxylic acids is 1. The normalized spacial score (nSPS) is 8.67. The van der Waals surface area contributed by atoms with Crippen LogP contribution in [0.2, 0.25) is 0 Å². The van der Waals surface area contributed by atoms with E-state index in [1.54, 1.807) is 0 Å². The van der Waals surface area contributed by atoms with Gasteiger partial charge in [0, 0.05) is 0 Å². The van der Waals surface area contributed by atoms with Crippen molar-refractivity contribution in [2.75, 3.05) is 0 Å². The molecule has 0 aliphatic rings. The third-order valence-corrected chi connectivity index (χ3v) is 1.66. The summed E-state index contributed by atoms with van der Waals surface area (Å²) < 4.78 is 0. The van der Waals surface area contributed by atoms with Gasteiger partial charge in [-0.1, -0.05) is 48.5 Å². The minimum atomic E-state index is 1.31. The smallest absolute Gasteiger partial charge is 0.106 e. The molecule has 2 aromatic rings. The Kier molecular flexibility index (Phi) is 3.03. The molecule has 12 heavy (non-hydrogen) atoms. The maximum atomic E-state index is 8.00. The Hall–Kier alpha value is -1.63. The van der Waals surface area contributed by atoms with Crippen molar-refractivity contribution in [3.8, 4) is 0 Å². The van der Waals surface area contributed by atoms with Crippen LogP contribution in [0.25, 0.3) is 10.8 Å². The standard InChI is InChI=1S/C10H8.CH2O/c1-2-6-10-8-4-3-7-9(10)5-1;1-2/h1-8H;1H2. The van der Waals surface area contributed by atoms with E-state index >= 15 is 0 Å². The molecule has 1 heteroatoms. The minimum absolute atomic E-state index is 1.31. The second-order valence-electron chi connectivity index (χ2n) is 2.35. The predicted octanol–water partition coefficient (Wildman–Crippen LogP) is 2.65. The van der Waals surface area contributed by atoms with Crippen molar-refractivity contribution >= 4 is 17.6 Å². The fourth-order valence-corrected chi connectivity index (χ4v) is 1.13. The highest BCUT2D eigenvalue weighted by atomic mass is 16.1. The van der Waals surface area contributed by atoms with E-state index in [9.17, 15) is 0 Å². The largest absolute Gasteiger partial charge is 0.307 e. The van der Waals surface area contributed by atoms with E-state index in [1.165, 1.54) is 10.8 Å². The molecule has 0 atom stereocenters. The molecular weight excluding hydrogens is 148 g/mol. The summed E-state index contributed by atoms with van der Waals surface area (Å²) in [6, 6.07) is 16.7. The molecule has 2 aromatic carbocycles. The number of hydrogen-bond donors (Lipinski definition) is 0. The van der Waals surface area contributed by atoms with Crippen molar-refractivity contribution in [2.24, 2.45) is 0 Å². The summed E-state index contributed by atoms with van der Waals surface area (Å²) in [5.74, 6) is 0. The Labute approximate surface area is 71.6 Å². The van der Waals surface area contributed by atoms with Crippen molar-refractivity contribution in [3.05, 3.63) is 48.5 Å². The highest BCUT2D eigenvalue weighted by Gasteiger charge is 1.85. The van der Waals surface area contributed by atoms with E-state index in [0.717, 1.165) is 0 Å². The molecule has 0 N–H and O–H groups in total. The molecule has 0 spiro atoms. The SMILES string of the molecule is C=O.c1ccc2ccccc2c1. The number of fused-ring (bicyclic) bond motifs is 1. The molecule has 0 heterocycles. The first-order chi connectivity index (χ1) is 5.97. The first-order valence-corrected chi connectivity index (χ1v) is 3.69. The van der Waals surface area contributed by atoms with Gasteiger partial charge in [-0.2, -0.15) is 0 Å². The molecule has 0 aromatic heterocycles. The number of rotatable bonds is 0. The Morgan fingerprint density at radius 2 is 0.917 bits per heavy atom. The topological polar surface area (TPSA) is 17.1 Å². The van der Waals surface area contributed by atoms with E-state index in [0.29, 0.717) is 0 Å². The molecule has 60 valence electrons. The fraction of sp³-hybridized carbons (Fsp3) is 0. The van der Waals surface area contributed by atoms with E-state index in [1.807, 2.05) is 6.79 Å². The van der Waals surface area contributed by atoms with Crippen LogP contribution in [0, 0.1) is 0 Å². The van der Waals surface area contributed by atoms with Crippen LogP contribution in [0.3, 0.4) is 0 Å². The van der Waals surface area contributed by atoms with Crippen molar-refractivity contribution < 1.29 is 4.79 Å². The quantitative estimate of drug-likeness (QED) is 0.576. The first-order valence-electron chi connectivity index (χ1n) is 3.69. The third-order valence-electron chi connectivity index (χ3n) is 1.66. The lowest BCUT2D eigenvalue weighted by Gasteiger charge is -1.92. The van der Waals surface area contributed by atoms with Crippen LogP contribution < -0.4 is 0 Å². The van der Waals surface area contributed by atoms with Gasteiger partial charge in [0.1, 0.15) is 6.79 Å². The van der Waals surface area contributed by atoms with Crippen molar-refractivity contribution in [1.29, 1.82) is 0 Å². The number of carbonyl (C=O) groups is 1. The molecular formula is C11H10O. The Bertz CT molecular complexity index is 289. The molecule has 2 rings (SSSR count). The maximum Gasteiger partial charge on any atom is 0.106 e. The molecule has 0 fully saturated rings. The van der Waals surface area contributed by atoms with Crippen LogP contribution in [0.1, 0.15) is 0 Å². The van der Waals surface area contributed by atoms with Crippen LogP contribution in [0.4, 0.5) is 0 Å². The summed E-state index contributed by atoms with van der Waals surface area (Å²) >= 11 is 0. The van der Waals surface area contributed by atoms with Crippen molar-refractivity contribution in [3.63, 3.8) is 0 Å². The number of benzene rings is 2. The number of hydrogen-bond acceptors (Lipinski definition) is 1. The zero-order valence-corrected chi connectivity index (χ0v) is 6.73. The molecule has 0 amide bonds. The van der Waals surface area contributed by atoms with Crippen LogP contribution in [0.15, 0.2) is 48.5 Å². The zero-order chi connectivity index (χ0) is 8.81. The van der Waals surface area contributed by atoms with Gasteiger partial charge in [0.05, 0.1) is 0 Å². The highest BCUT2D eigenvalue weighted by Crippen LogP contribution is 2.11. The van der Waals surface area contributed by atoms with Crippen molar-refractivity contribution in [1.82, 2.24) is 0 Å². The van der Waals surface area contributed by atoms with Crippen LogP contribution >= 0.6 is 0 Å². The van der Waals surface area contributed by atoms with E-state index < -0.39 is 0 Å². The lowest BCUT2D eigenvalue weighted by atomic mass is 10.1. The first kappa shape index (κ1) is 8.47. The molecule has 0 aliphatic carbocycles. The average molecular weight is 158 g/mol. The van der Waals surface area contributed by atoms with Gasteiger partial charge < -0.3 is 4.79 Å². The van der Waals surface area contributed by atoms with Gasteiger partial charge in [-0.15, -0.1) is 0 Å². The summed E-state index contributed by atoms with van der Waals surface area (Å²) in [5, 5.41) is 2.62. The Balaban J connectivity index is 0.000000336. The van der Waals surface area contributed by atoms with Gasteiger partial charge in [0.2, 0.25) is 0 Å². The maximum absolute atomic E-state index is 8.00. The lowest BCUT2D eigenvalue weighted by molar-refractivity contribution is -0.0979. The molecule has 1 nitrogen and oxygen atoms in total. The molecule has 0 aliphatic heterocycles. The van der Waals surface area contributed by atoms with Gasteiger partial charge >= 0.3 is 0 Å². The second kappa shape index (κ2) is 4.29. The zero-order valence-electron chi connectivity index (χ0n) is 6.73. The second-order valence-corrected chi connectivity index (χ2v) is 2.35. The molecule has 0 radical (unpaired) electrons. The van der Waals surface area contributed by atoms with Crippen molar-refractivity contribution in [2.45, 2.75) is 0 Å². The van der Waals surface area contributed by atoms with Gasteiger partial charge in [-0.3, -0.25) is 0 Å². The summed E-state index contributed by atoms with van der Waals surface area (Å²) in [6.07, 6.45) is 0. The third kappa shape index (κ3) is 1.70. The van der Waals surface area contributed by atoms with E-state index in [4.69, 9.17) is 4.79 Å². The van der Waals surface area contributed by atoms with Gasteiger partial charge in [0.25, 0.3) is 0 Å². The summed E-state index contributed by atoms with van der Waals surface area (Å²) in [5.41, 5.74) is 0. The van der Waals surface area contributed by atoms with Crippen LogP contribution in [-0.4, -0.2) is 6.79 Å². The molecule has 0 saturated heterocycles. The van der Waals surface area contributed by atoms with E-state index in [2.05, 4.69) is 48.5 Å². The Morgan fingerprint density at radius 1 is 0.667 bits per heavy atom. The average Bonchev–Trinajstić information content (AvgIpc) is 2.21. The summed E-state index contributed by atoms with van der Waals surface area (Å²) in [7, 11) is 0. The summed E-state index contributed by atoms with van der Waals surface area (Å²) in [6.45, 7) is 2.00. The molecule has 0 bridgehead atoms. The molecule has 0 saturated carbocycles. The predicted molar refractivity (Wildman–Crippen MR) is 51.1 cm³/mol. The van der Waals surface area contributed by atoms with Crippen LogP contribution in [0.5, 0.6) is 0 Å². The Morgan fingerprint density at radius 3 is 1.17 bits per heavy atom.